The zero-order chi connectivity index (χ0) is 38.1. The fraction of sp³-hybridized carbons (Fsp3) is 0.811. The minimum Gasteiger partial charge on any atom is -0.393 e. The van der Waals surface area contributed by atoms with Crippen molar-refractivity contribution in [2.75, 3.05) is 6.61 Å². The number of hydrogen-bond acceptors (Lipinski definition) is 11. The number of phosphoric acid groups is 1. The second-order valence-corrected chi connectivity index (χ2v) is 15.0. The van der Waals surface area contributed by atoms with E-state index >= 15 is 0 Å². The Morgan fingerprint density at radius 1 is 0.686 bits per heavy atom. The van der Waals surface area contributed by atoms with Crippen LogP contribution in [0.25, 0.3) is 0 Å². The molecule has 1 rings (SSSR count). The molecule has 1 aliphatic carbocycles. The van der Waals surface area contributed by atoms with E-state index in [1.165, 1.54) is 51.0 Å². The molecule has 8 atom stereocenters. The Morgan fingerprint density at radius 3 is 1.80 bits per heavy atom. The SMILES string of the molecule is CCC/C=C/CC/C=C/C(O)C(COP(=O)(O)OC1C(O)C(O)C(O)C(O)C1O)NC(=O)CC(O)CCCCC/C=C\CCCCCCCCC. The summed E-state index contributed by atoms with van der Waals surface area (Å²) in [7, 11) is -5.13. The van der Waals surface area contributed by atoms with Gasteiger partial charge in [0, 0.05) is 0 Å². The summed E-state index contributed by atoms with van der Waals surface area (Å²) in [5.41, 5.74) is 0. The molecule has 14 heteroatoms. The number of aliphatic hydroxyl groups excluding tert-OH is 7. The third kappa shape index (κ3) is 21.1. The number of aliphatic hydroxyl groups is 7. The van der Waals surface area contributed by atoms with Gasteiger partial charge in [-0.1, -0.05) is 108 Å². The molecule has 1 aliphatic rings. The molecule has 1 fully saturated rings. The summed E-state index contributed by atoms with van der Waals surface area (Å²) in [4.78, 5) is 23.2. The van der Waals surface area contributed by atoms with Gasteiger partial charge in [-0.15, -0.1) is 0 Å². The van der Waals surface area contributed by atoms with Crippen LogP contribution in [0.3, 0.4) is 0 Å². The largest absolute Gasteiger partial charge is 0.472 e. The Morgan fingerprint density at radius 2 is 1.20 bits per heavy atom. The number of rotatable bonds is 29. The van der Waals surface area contributed by atoms with Gasteiger partial charge in [-0.2, -0.15) is 0 Å². The smallest absolute Gasteiger partial charge is 0.393 e. The zero-order valence-corrected chi connectivity index (χ0v) is 31.6. The normalized spacial score (nSPS) is 25.8. The van der Waals surface area contributed by atoms with Crippen molar-refractivity contribution in [3.8, 4) is 0 Å². The number of amides is 1. The van der Waals surface area contributed by atoms with Crippen LogP contribution in [0.4, 0.5) is 0 Å². The molecule has 0 spiro atoms. The van der Waals surface area contributed by atoms with Crippen molar-refractivity contribution < 1.29 is 59.0 Å². The molecular weight excluding hydrogens is 681 g/mol. The predicted octanol–water partition coefficient (Wildman–Crippen LogP) is 4.24. The van der Waals surface area contributed by atoms with Crippen LogP contribution in [0.2, 0.25) is 0 Å². The topological polar surface area (TPSA) is 226 Å². The van der Waals surface area contributed by atoms with E-state index < -0.39 is 75.2 Å². The number of hydrogen-bond donors (Lipinski definition) is 9. The van der Waals surface area contributed by atoms with E-state index in [-0.39, 0.29) is 6.42 Å². The molecule has 0 aromatic heterocycles. The monoisotopic (exact) mass is 749 g/mol. The zero-order valence-electron chi connectivity index (χ0n) is 30.8. The lowest BCUT2D eigenvalue weighted by Crippen LogP contribution is -2.64. The molecule has 0 radical (unpaired) electrons. The van der Waals surface area contributed by atoms with Gasteiger partial charge >= 0.3 is 7.82 Å². The van der Waals surface area contributed by atoms with Crippen LogP contribution in [-0.2, 0) is 18.4 Å². The summed E-state index contributed by atoms with van der Waals surface area (Å²) in [5.74, 6) is -0.619. The molecule has 9 N–H and O–H groups in total. The highest BCUT2D eigenvalue weighted by Crippen LogP contribution is 2.47. The molecule has 298 valence electrons. The van der Waals surface area contributed by atoms with E-state index in [4.69, 9.17) is 9.05 Å². The van der Waals surface area contributed by atoms with Crippen molar-refractivity contribution in [3.05, 3.63) is 36.5 Å². The number of unbranched alkanes of at least 4 members (excludes halogenated alkanes) is 12. The molecule has 0 bridgehead atoms. The molecule has 0 saturated heterocycles. The Bertz CT molecular complexity index is 1030. The van der Waals surface area contributed by atoms with Gasteiger partial charge < -0.3 is 46.0 Å². The molecule has 13 nitrogen and oxygen atoms in total. The summed E-state index contributed by atoms with van der Waals surface area (Å²) in [5, 5.41) is 73.7. The third-order valence-electron chi connectivity index (χ3n) is 8.93. The first-order valence-corrected chi connectivity index (χ1v) is 20.5. The summed E-state index contributed by atoms with van der Waals surface area (Å²) in [6.45, 7) is 3.54. The Hall–Kier alpha value is -1.48. The first-order chi connectivity index (χ1) is 24.3. The van der Waals surface area contributed by atoms with Crippen LogP contribution in [-0.4, -0.2) is 108 Å². The highest BCUT2D eigenvalue weighted by Gasteiger charge is 2.51. The third-order valence-corrected chi connectivity index (χ3v) is 9.91. The Balaban J connectivity index is 2.61. The number of allylic oxidation sites excluding steroid dienone is 5. The lowest BCUT2D eigenvalue weighted by molar-refractivity contribution is -0.220. The summed E-state index contributed by atoms with van der Waals surface area (Å²) < 4.78 is 22.6. The number of carbonyl (C=O) groups excluding carboxylic acids is 1. The molecule has 0 aliphatic heterocycles. The van der Waals surface area contributed by atoms with E-state index in [9.17, 15) is 50.0 Å². The number of carbonyl (C=O) groups is 1. The van der Waals surface area contributed by atoms with Crippen LogP contribution in [0.5, 0.6) is 0 Å². The van der Waals surface area contributed by atoms with Crippen LogP contribution in [0, 0.1) is 0 Å². The second kappa shape index (κ2) is 28.0. The second-order valence-electron chi connectivity index (χ2n) is 13.6. The van der Waals surface area contributed by atoms with Crippen LogP contribution in [0.15, 0.2) is 36.5 Å². The van der Waals surface area contributed by atoms with Gasteiger partial charge in [0.15, 0.2) is 0 Å². The van der Waals surface area contributed by atoms with Crippen LogP contribution < -0.4 is 5.32 Å². The highest BCUT2D eigenvalue weighted by atomic mass is 31.2. The van der Waals surface area contributed by atoms with Gasteiger partial charge in [0.05, 0.1) is 31.3 Å². The lowest BCUT2D eigenvalue weighted by atomic mass is 9.85. The molecule has 8 unspecified atom stereocenters. The highest BCUT2D eigenvalue weighted by molar-refractivity contribution is 7.47. The minimum atomic E-state index is -5.13. The lowest BCUT2D eigenvalue weighted by Gasteiger charge is -2.41. The average molecular weight is 750 g/mol. The number of nitrogens with one attached hydrogen (secondary N) is 1. The summed E-state index contributed by atoms with van der Waals surface area (Å²) in [6, 6.07) is -1.26. The van der Waals surface area contributed by atoms with Gasteiger partial charge in [-0.3, -0.25) is 13.8 Å². The maximum absolute atomic E-state index is 12.8. The average Bonchev–Trinajstić information content (AvgIpc) is 3.09. The molecule has 51 heavy (non-hydrogen) atoms. The first kappa shape index (κ1) is 47.5. The van der Waals surface area contributed by atoms with Crippen molar-refractivity contribution in [1.82, 2.24) is 5.32 Å². The number of phosphoric ester groups is 1. The fourth-order valence-electron chi connectivity index (χ4n) is 5.73. The van der Waals surface area contributed by atoms with E-state index in [0.29, 0.717) is 12.8 Å². The Kier molecular flexibility index (Phi) is 26.1. The molecule has 1 amide bonds. The quantitative estimate of drug-likeness (QED) is 0.0297. The van der Waals surface area contributed by atoms with E-state index in [2.05, 4.69) is 37.4 Å². The first-order valence-electron chi connectivity index (χ1n) is 19.0. The van der Waals surface area contributed by atoms with Crippen LogP contribution in [0.1, 0.15) is 129 Å². The van der Waals surface area contributed by atoms with Crippen molar-refractivity contribution in [2.24, 2.45) is 0 Å². The minimum absolute atomic E-state index is 0.265. The van der Waals surface area contributed by atoms with Crippen molar-refractivity contribution in [3.63, 3.8) is 0 Å². The molecule has 0 aromatic rings. The standard InChI is InChI=1S/C37H68NO12P/c1-3-5-7-9-11-12-13-14-15-16-17-19-20-22-24-28(39)26-31(41)38-29(30(40)25-23-21-18-10-8-6-4-2)27-49-51(47,48)50-37-35(45)33(43)32(42)34(44)36(37)46/h8,10,15-16,23,25,28-30,32-37,39-40,42-46H,3-7,9,11-14,17-22,24,26-27H2,1-2H3,(H,38,41)(H,47,48)/b10-8+,16-15-,25-23+. The van der Waals surface area contributed by atoms with Gasteiger partial charge in [-0.25, -0.2) is 4.57 Å². The Labute approximate surface area is 305 Å². The van der Waals surface area contributed by atoms with Gasteiger partial charge in [0.25, 0.3) is 0 Å². The van der Waals surface area contributed by atoms with Crippen molar-refractivity contribution in [1.29, 1.82) is 0 Å². The van der Waals surface area contributed by atoms with Crippen molar-refractivity contribution in [2.45, 2.75) is 184 Å². The summed E-state index contributed by atoms with van der Waals surface area (Å²) >= 11 is 0. The summed E-state index contributed by atoms with van der Waals surface area (Å²) in [6.07, 6.45) is 14.5. The molecule has 1 saturated carbocycles. The predicted molar refractivity (Wildman–Crippen MR) is 197 cm³/mol. The van der Waals surface area contributed by atoms with Gasteiger partial charge in [0.2, 0.25) is 5.91 Å². The van der Waals surface area contributed by atoms with Crippen molar-refractivity contribution >= 4 is 13.7 Å². The maximum atomic E-state index is 12.8. The van der Waals surface area contributed by atoms with E-state index in [1.807, 2.05) is 6.08 Å². The van der Waals surface area contributed by atoms with E-state index in [1.54, 1.807) is 6.08 Å². The van der Waals surface area contributed by atoms with Crippen LogP contribution >= 0.6 is 7.82 Å². The molecular formula is C37H68NO12P. The van der Waals surface area contributed by atoms with Gasteiger partial charge in [0.1, 0.15) is 36.6 Å². The fourth-order valence-corrected chi connectivity index (χ4v) is 6.69. The van der Waals surface area contributed by atoms with E-state index in [0.717, 1.165) is 51.4 Å². The van der Waals surface area contributed by atoms with Gasteiger partial charge in [-0.05, 0) is 51.4 Å². The maximum Gasteiger partial charge on any atom is 0.472 e. The molecule has 0 aromatic carbocycles. The molecule has 0 heterocycles.